The molecule has 8 heteroatoms. The maximum Gasteiger partial charge on any atom is 0.302 e. The number of nitrogens with one attached hydrogen (secondary N) is 1. The number of aromatic amines is 1. The van der Waals surface area contributed by atoms with Gasteiger partial charge in [0.15, 0.2) is 12.3 Å². The Labute approximate surface area is 153 Å². The summed E-state index contributed by atoms with van der Waals surface area (Å²) < 4.78 is 7.02. The molecular weight excluding hydrogens is 442 g/mol. The number of carbonyl (C=O) groups is 1. The molecule has 0 aliphatic rings. The SMILES string of the molecule is O=C(COc1cccc(Br)c1)N=Nc1c(O)[nH]c2ccc(Br)cc12. The molecule has 2 N–H and O–H groups in total. The first kappa shape index (κ1) is 16.7. The Balaban J connectivity index is 1.72. The summed E-state index contributed by atoms with van der Waals surface area (Å²) in [6.07, 6.45) is 0. The third kappa shape index (κ3) is 3.82. The summed E-state index contributed by atoms with van der Waals surface area (Å²) in [6.45, 7) is -0.243. The van der Waals surface area contributed by atoms with E-state index in [1.165, 1.54) is 0 Å². The second-order valence-electron chi connectivity index (χ2n) is 4.85. The van der Waals surface area contributed by atoms with Crippen LogP contribution in [0, 0.1) is 0 Å². The maximum absolute atomic E-state index is 11.8. The average Bonchev–Trinajstić information content (AvgIpc) is 2.86. The molecule has 0 aliphatic heterocycles. The van der Waals surface area contributed by atoms with E-state index in [4.69, 9.17) is 4.74 Å². The Morgan fingerprint density at radius 3 is 2.75 bits per heavy atom. The van der Waals surface area contributed by atoms with Crippen LogP contribution in [-0.2, 0) is 4.79 Å². The summed E-state index contributed by atoms with van der Waals surface area (Å²) in [4.78, 5) is 14.6. The van der Waals surface area contributed by atoms with Crippen LogP contribution in [0.15, 0.2) is 61.6 Å². The quantitative estimate of drug-likeness (QED) is 0.540. The van der Waals surface area contributed by atoms with Gasteiger partial charge in [-0.1, -0.05) is 37.9 Å². The maximum atomic E-state index is 11.8. The molecule has 0 spiro atoms. The number of ether oxygens (including phenoxy) is 1. The van der Waals surface area contributed by atoms with Crippen LogP contribution >= 0.6 is 31.9 Å². The highest BCUT2D eigenvalue weighted by molar-refractivity contribution is 9.10. The van der Waals surface area contributed by atoms with E-state index < -0.39 is 5.91 Å². The van der Waals surface area contributed by atoms with E-state index in [9.17, 15) is 9.90 Å². The fourth-order valence-corrected chi connectivity index (χ4v) is 2.81. The van der Waals surface area contributed by atoms with Crippen molar-refractivity contribution in [3.8, 4) is 11.6 Å². The van der Waals surface area contributed by atoms with Gasteiger partial charge in [-0.25, -0.2) is 0 Å². The topological polar surface area (TPSA) is 87.0 Å². The molecule has 0 radical (unpaired) electrons. The number of carbonyl (C=O) groups excluding carboxylic acids is 1. The first-order chi connectivity index (χ1) is 11.5. The molecular formula is C16H11Br2N3O3. The zero-order valence-electron chi connectivity index (χ0n) is 12.2. The predicted molar refractivity (Wildman–Crippen MR) is 96.8 cm³/mol. The molecule has 24 heavy (non-hydrogen) atoms. The largest absolute Gasteiger partial charge is 0.493 e. The first-order valence-electron chi connectivity index (χ1n) is 6.86. The van der Waals surface area contributed by atoms with Crippen molar-refractivity contribution in [2.24, 2.45) is 10.2 Å². The van der Waals surface area contributed by atoms with Crippen molar-refractivity contribution in [3.63, 3.8) is 0 Å². The summed E-state index contributed by atoms with van der Waals surface area (Å²) in [5.74, 6) is -0.155. The third-order valence-corrected chi connectivity index (χ3v) is 4.12. The normalized spacial score (nSPS) is 11.2. The number of aromatic nitrogens is 1. The van der Waals surface area contributed by atoms with Crippen LogP contribution in [0.25, 0.3) is 10.9 Å². The van der Waals surface area contributed by atoms with Crippen molar-refractivity contribution in [2.75, 3.05) is 6.61 Å². The lowest BCUT2D eigenvalue weighted by Gasteiger charge is -2.02. The summed E-state index contributed by atoms with van der Waals surface area (Å²) in [7, 11) is 0. The molecule has 1 aromatic heterocycles. The van der Waals surface area contributed by atoms with Crippen molar-refractivity contribution in [3.05, 3.63) is 51.4 Å². The number of hydrogen-bond acceptors (Lipinski definition) is 4. The monoisotopic (exact) mass is 451 g/mol. The highest BCUT2D eigenvalue weighted by atomic mass is 79.9. The summed E-state index contributed by atoms with van der Waals surface area (Å²) in [5.41, 5.74) is 0.907. The highest BCUT2D eigenvalue weighted by Crippen LogP contribution is 2.36. The molecule has 0 saturated carbocycles. The second-order valence-corrected chi connectivity index (χ2v) is 6.68. The number of amides is 1. The number of benzene rings is 2. The zero-order chi connectivity index (χ0) is 17.1. The number of halogens is 2. The van der Waals surface area contributed by atoms with Crippen LogP contribution in [0.1, 0.15) is 0 Å². The van der Waals surface area contributed by atoms with Crippen molar-refractivity contribution in [1.29, 1.82) is 0 Å². The number of rotatable bonds is 4. The van der Waals surface area contributed by atoms with Gasteiger partial charge < -0.3 is 14.8 Å². The van der Waals surface area contributed by atoms with E-state index in [1.54, 1.807) is 30.3 Å². The number of H-pyrrole nitrogens is 1. The molecule has 0 unspecified atom stereocenters. The van der Waals surface area contributed by atoms with Gasteiger partial charge in [-0.15, -0.1) is 10.2 Å². The van der Waals surface area contributed by atoms with Gasteiger partial charge in [0.05, 0.1) is 5.52 Å². The molecule has 122 valence electrons. The molecule has 3 aromatic rings. The molecule has 6 nitrogen and oxygen atoms in total. The van der Waals surface area contributed by atoms with Gasteiger partial charge in [-0.2, -0.15) is 0 Å². The van der Waals surface area contributed by atoms with Crippen LogP contribution < -0.4 is 4.74 Å². The van der Waals surface area contributed by atoms with Gasteiger partial charge in [0.25, 0.3) is 0 Å². The van der Waals surface area contributed by atoms with E-state index in [-0.39, 0.29) is 18.2 Å². The predicted octanol–water partition coefficient (Wildman–Crippen LogP) is 5.09. The van der Waals surface area contributed by atoms with Gasteiger partial charge in [0, 0.05) is 14.3 Å². The molecule has 3 rings (SSSR count). The van der Waals surface area contributed by atoms with Gasteiger partial charge >= 0.3 is 5.91 Å². The van der Waals surface area contributed by atoms with Gasteiger partial charge in [-0.05, 0) is 36.4 Å². The molecule has 0 saturated heterocycles. The average molecular weight is 453 g/mol. The Morgan fingerprint density at radius 2 is 1.96 bits per heavy atom. The van der Waals surface area contributed by atoms with Crippen LogP contribution in [0.5, 0.6) is 11.6 Å². The lowest BCUT2D eigenvalue weighted by molar-refractivity contribution is -0.120. The van der Waals surface area contributed by atoms with Gasteiger partial charge in [0.2, 0.25) is 5.88 Å². The van der Waals surface area contributed by atoms with E-state index in [0.29, 0.717) is 16.7 Å². The zero-order valence-corrected chi connectivity index (χ0v) is 15.3. The van der Waals surface area contributed by atoms with Crippen molar-refractivity contribution in [2.45, 2.75) is 0 Å². The minimum Gasteiger partial charge on any atom is -0.493 e. The minimum absolute atomic E-state index is 0.146. The van der Waals surface area contributed by atoms with Gasteiger partial charge in [0.1, 0.15) is 5.75 Å². The molecule has 0 fully saturated rings. The van der Waals surface area contributed by atoms with Crippen LogP contribution in [0.3, 0.4) is 0 Å². The van der Waals surface area contributed by atoms with Crippen LogP contribution in [0.4, 0.5) is 5.69 Å². The molecule has 0 aliphatic carbocycles. The van der Waals surface area contributed by atoms with E-state index >= 15 is 0 Å². The van der Waals surface area contributed by atoms with Crippen LogP contribution in [0.2, 0.25) is 0 Å². The van der Waals surface area contributed by atoms with E-state index in [0.717, 1.165) is 8.95 Å². The highest BCUT2D eigenvalue weighted by Gasteiger charge is 2.11. The number of aromatic hydroxyl groups is 1. The lowest BCUT2D eigenvalue weighted by Crippen LogP contribution is -2.07. The molecule has 2 aromatic carbocycles. The van der Waals surface area contributed by atoms with Crippen molar-refractivity contribution in [1.82, 2.24) is 4.98 Å². The van der Waals surface area contributed by atoms with Crippen molar-refractivity contribution >= 4 is 54.4 Å². The van der Waals surface area contributed by atoms with Gasteiger partial charge in [-0.3, -0.25) is 4.79 Å². The molecule has 1 heterocycles. The van der Waals surface area contributed by atoms with E-state index in [2.05, 4.69) is 47.1 Å². The lowest BCUT2D eigenvalue weighted by atomic mass is 10.2. The first-order valence-corrected chi connectivity index (χ1v) is 8.44. The number of nitrogens with zero attached hydrogens (tertiary/aromatic N) is 2. The van der Waals surface area contributed by atoms with E-state index in [1.807, 2.05) is 12.1 Å². The van der Waals surface area contributed by atoms with Crippen molar-refractivity contribution < 1.29 is 14.6 Å². The fourth-order valence-electron chi connectivity index (χ4n) is 2.07. The standard InChI is InChI=1S/C16H11Br2N3O3/c17-9-2-1-3-11(6-9)24-8-14(22)20-21-15-12-7-10(18)4-5-13(12)19-16(15)23/h1-7,19,23H,8H2. The summed E-state index contributed by atoms with van der Waals surface area (Å²) in [5, 5.41) is 18.0. The number of azo groups is 1. The minimum atomic E-state index is -0.557. The summed E-state index contributed by atoms with van der Waals surface area (Å²) >= 11 is 6.67. The third-order valence-electron chi connectivity index (χ3n) is 3.13. The molecule has 1 amide bonds. The number of hydrogen-bond donors (Lipinski definition) is 2. The van der Waals surface area contributed by atoms with Crippen LogP contribution in [-0.4, -0.2) is 22.6 Å². The smallest absolute Gasteiger partial charge is 0.302 e. The fraction of sp³-hybridized carbons (Fsp3) is 0.0625. The Hall–Kier alpha value is -2.19. The second kappa shape index (κ2) is 7.14. The summed E-state index contributed by atoms with van der Waals surface area (Å²) in [6, 6.07) is 12.5. The Morgan fingerprint density at radius 1 is 1.17 bits per heavy atom. The molecule has 0 bridgehead atoms. The molecule has 0 atom stereocenters. The number of fused-ring (bicyclic) bond motifs is 1. The Kier molecular flexibility index (Phi) is 4.96. The Bertz CT molecular complexity index is 937.